The van der Waals surface area contributed by atoms with E-state index < -0.39 is 24.3 Å². The minimum atomic E-state index is -5.44. The van der Waals surface area contributed by atoms with Crippen LogP contribution in [0.5, 0.6) is 0 Å². The van der Waals surface area contributed by atoms with Crippen molar-refractivity contribution >= 4 is 0 Å². The summed E-state index contributed by atoms with van der Waals surface area (Å²) in [5.41, 5.74) is 5.78. The number of halogens is 6. The molecule has 0 spiro atoms. The SMILES string of the molecule is CC(C)Cc1cccc(C(N)C(C(F)(F)F)C(F)(F)F)c1. The summed E-state index contributed by atoms with van der Waals surface area (Å²) >= 11 is 0. The molecule has 0 aliphatic carbocycles. The smallest absolute Gasteiger partial charge is 0.323 e. The van der Waals surface area contributed by atoms with Gasteiger partial charge in [-0.1, -0.05) is 38.1 Å². The van der Waals surface area contributed by atoms with Crippen molar-refractivity contribution in [3.05, 3.63) is 35.4 Å². The van der Waals surface area contributed by atoms with Gasteiger partial charge in [0.2, 0.25) is 0 Å². The second-order valence-corrected chi connectivity index (χ2v) is 5.43. The maximum absolute atomic E-state index is 12.7. The zero-order valence-corrected chi connectivity index (χ0v) is 11.6. The third kappa shape index (κ3) is 4.91. The molecule has 1 atom stereocenters. The molecule has 0 saturated heterocycles. The number of alkyl halides is 6. The molecule has 2 N–H and O–H groups in total. The van der Waals surface area contributed by atoms with Crippen molar-refractivity contribution in [2.45, 2.75) is 38.7 Å². The summed E-state index contributed by atoms with van der Waals surface area (Å²) in [4.78, 5) is 0. The Hall–Kier alpha value is -1.24. The molecule has 120 valence electrons. The second kappa shape index (κ2) is 6.25. The van der Waals surface area contributed by atoms with E-state index in [4.69, 9.17) is 5.73 Å². The third-order valence-corrected chi connectivity index (χ3v) is 3.04. The number of nitrogens with two attached hydrogens (primary N) is 1. The molecular formula is C14H17F6N. The fourth-order valence-electron chi connectivity index (χ4n) is 2.18. The molecular weight excluding hydrogens is 296 g/mol. The molecule has 1 unspecified atom stereocenters. The molecule has 1 aromatic carbocycles. The van der Waals surface area contributed by atoms with Crippen LogP contribution in [0.3, 0.4) is 0 Å². The summed E-state index contributed by atoms with van der Waals surface area (Å²) < 4.78 is 76.0. The van der Waals surface area contributed by atoms with E-state index in [-0.39, 0.29) is 11.5 Å². The first-order valence-electron chi connectivity index (χ1n) is 6.40. The molecule has 0 bridgehead atoms. The molecule has 21 heavy (non-hydrogen) atoms. The van der Waals surface area contributed by atoms with Gasteiger partial charge in [-0.2, -0.15) is 26.3 Å². The van der Waals surface area contributed by atoms with Crippen LogP contribution < -0.4 is 5.73 Å². The molecule has 1 aromatic rings. The molecule has 1 rings (SSSR count). The van der Waals surface area contributed by atoms with E-state index in [0.717, 1.165) is 0 Å². The van der Waals surface area contributed by atoms with Gasteiger partial charge >= 0.3 is 12.4 Å². The molecule has 0 radical (unpaired) electrons. The Labute approximate surface area is 119 Å². The van der Waals surface area contributed by atoms with Gasteiger partial charge in [0, 0.05) is 0 Å². The van der Waals surface area contributed by atoms with Crippen LogP contribution >= 0.6 is 0 Å². The van der Waals surface area contributed by atoms with Gasteiger partial charge in [-0.25, -0.2) is 0 Å². The van der Waals surface area contributed by atoms with E-state index in [1.807, 2.05) is 13.8 Å². The standard InChI is InChI=1S/C14H17F6N/c1-8(2)6-9-4-3-5-10(7-9)11(21)12(13(15,16)17)14(18,19)20/h3-5,7-8,11-12H,6,21H2,1-2H3. The second-order valence-electron chi connectivity index (χ2n) is 5.43. The van der Waals surface area contributed by atoms with Crippen molar-refractivity contribution in [3.8, 4) is 0 Å². The highest BCUT2D eigenvalue weighted by atomic mass is 19.4. The molecule has 0 aliphatic rings. The first kappa shape index (κ1) is 17.8. The number of benzene rings is 1. The van der Waals surface area contributed by atoms with E-state index >= 15 is 0 Å². The fraction of sp³-hybridized carbons (Fsp3) is 0.571. The Morgan fingerprint density at radius 3 is 1.95 bits per heavy atom. The number of hydrogen-bond acceptors (Lipinski definition) is 1. The minimum Gasteiger partial charge on any atom is -0.323 e. The van der Waals surface area contributed by atoms with E-state index in [1.165, 1.54) is 18.2 Å². The number of rotatable bonds is 4. The van der Waals surface area contributed by atoms with Gasteiger partial charge in [0.15, 0.2) is 5.92 Å². The largest absolute Gasteiger partial charge is 0.402 e. The Bertz CT molecular complexity index is 449. The maximum atomic E-state index is 12.7. The van der Waals surface area contributed by atoms with Crippen LogP contribution in [0.4, 0.5) is 26.3 Å². The Balaban J connectivity index is 3.13. The lowest BCUT2D eigenvalue weighted by Gasteiger charge is -2.28. The summed E-state index contributed by atoms with van der Waals surface area (Å²) in [5, 5.41) is 0. The summed E-state index contributed by atoms with van der Waals surface area (Å²) in [6.07, 6.45) is -10.3. The average molecular weight is 313 g/mol. The highest BCUT2D eigenvalue weighted by Crippen LogP contribution is 2.45. The van der Waals surface area contributed by atoms with Crippen LogP contribution in [-0.4, -0.2) is 12.4 Å². The Morgan fingerprint density at radius 2 is 1.52 bits per heavy atom. The van der Waals surface area contributed by atoms with Crippen LogP contribution in [-0.2, 0) is 6.42 Å². The first-order valence-corrected chi connectivity index (χ1v) is 6.40. The summed E-state index contributed by atoms with van der Waals surface area (Å²) in [5.74, 6) is -3.34. The van der Waals surface area contributed by atoms with E-state index in [1.54, 1.807) is 6.07 Å². The van der Waals surface area contributed by atoms with Gasteiger partial charge in [0.25, 0.3) is 0 Å². The molecule has 0 saturated carbocycles. The lowest BCUT2D eigenvalue weighted by Crippen LogP contribution is -2.44. The van der Waals surface area contributed by atoms with Crippen molar-refractivity contribution in [1.29, 1.82) is 0 Å². The van der Waals surface area contributed by atoms with Crippen molar-refractivity contribution in [3.63, 3.8) is 0 Å². The quantitative estimate of drug-likeness (QED) is 0.806. The topological polar surface area (TPSA) is 26.0 Å². The van der Waals surface area contributed by atoms with Gasteiger partial charge < -0.3 is 5.73 Å². The van der Waals surface area contributed by atoms with Crippen LogP contribution in [0.25, 0.3) is 0 Å². The monoisotopic (exact) mass is 313 g/mol. The summed E-state index contributed by atoms with van der Waals surface area (Å²) in [6, 6.07) is 3.43. The molecule has 0 fully saturated rings. The maximum Gasteiger partial charge on any atom is 0.402 e. The molecule has 1 nitrogen and oxygen atoms in total. The van der Waals surface area contributed by atoms with Crippen molar-refractivity contribution < 1.29 is 26.3 Å². The molecule has 0 aromatic heterocycles. The normalized spacial score (nSPS) is 14.8. The van der Waals surface area contributed by atoms with Gasteiger partial charge in [-0.05, 0) is 23.5 Å². The Kier molecular flexibility index (Phi) is 5.30. The molecule has 7 heteroatoms. The molecule has 0 aliphatic heterocycles. The average Bonchev–Trinajstić information content (AvgIpc) is 2.24. The highest BCUT2D eigenvalue weighted by molar-refractivity contribution is 5.27. The van der Waals surface area contributed by atoms with E-state index in [9.17, 15) is 26.3 Å². The summed E-state index contributed by atoms with van der Waals surface area (Å²) in [7, 11) is 0. The predicted octanol–water partition coefficient (Wildman–Crippen LogP) is 4.63. The number of hydrogen-bond donors (Lipinski definition) is 1. The lowest BCUT2D eigenvalue weighted by molar-refractivity contribution is -0.290. The summed E-state index contributed by atoms with van der Waals surface area (Å²) in [6.45, 7) is 3.81. The zero-order chi connectivity index (χ0) is 16.4. The van der Waals surface area contributed by atoms with Gasteiger partial charge in [-0.3, -0.25) is 0 Å². The van der Waals surface area contributed by atoms with Crippen molar-refractivity contribution in [1.82, 2.24) is 0 Å². The third-order valence-electron chi connectivity index (χ3n) is 3.04. The van der Waals surface area contributed by atoms with Crippen LogP contribution in [0, 0.1) is 11.8 Å². The van der Waals surface area contributed by atoms with E-state index in [0.29, 0.717) is 12.0 Å². The van der Waals surface area contributed by atoms with Crippen LogP contribution in [0.2, 0.25) is 0 Å². The predicted molar refractivity (Wildman–Crippen MR) is 67.5 cm³/mol. The van der Waals surface area contributed by atoms with Gasteiger partial charge in [0.05, 0.1) is 6.04 Å². The lowest BCUT2D eigenvalue weighted by atomic mass is 9.90. The van der Waals surface area contributed by atoms with Gasteiger partial charge in [0.1, 0.15) is 0 Å². The Morgan fingerprint density at radius 1 is 1.00 bits per heavy atom. The van der Waals surface area contributed by atoms with Gasteiger partial charge in [-0.15, -0.1) is 0 Å². The van der Waals surface area contributed by atoms with Crippen molar-refractivity contribution in [2.75, 3.05) is 0 Å². The van der Waals surface area contributed by atoms with Crippen LogP contribution in [0.15, 0.2) is 24.3 Å². The first-order chi connectivity index (χ1) is 9.43. The minimum absolute atomic E-state index is 0.159. The highest BCUT2D eigenvalue weighted by Gasteiger charge is 2.59. The molecule has 0 amide bonds. The molecule has 0 heterocycles. The van der Waals surface area contributed by atoms with Crippen LogP contribution in [0.1, 0.15) is 31.0 Å². The fourth-order valence-corrected chi connectivity index (χ4v) is 2.18. The van der Waals surface area contributed by atoms with E-state index in [2.05, 4.69) is 0 Å². The zero-order valence-electron chi connectivity index (χ0n) is 11.6. The van der Waals surface area contributed by atoms with Crippen molar-refractivity contribution in [2.24, 2.45) is 17.6 Å².